The van der Waals surface area contributed by atoms with Crippen molar-refractivity contribution in [3.63, 3.8) is 0 Å². The van der Waals surface area contributed by atoms with Gasteiger partial charge < -0.3 is 11.1 Å². The van der Waals surface area contributed by atoms with Crippen molar-refractivity contribution in [2.75, 3.05) is 20.6 Å². The molecule has 1 rings (SSSR count). The Balaban J connectivity index is 2.70. The van der Waals surface area contributed by atoms with Crippen LogP contribution in [0.3, 0.4) is 0 Å². The lowest BCUT2D eigenvalue weighted by Crippen LogP contribution is -2.25. The lowest BCUT2D eigenvalue weighted by Gasteiger charge is -2.11. The second kappa shape index (κ2) is 6.65. The number of carbonyl (C=O) groups is 1. The van der Waals surface area contributed by atoms with Gasteiger partial charge in [-0.3, -0.25) is 4.79 Å². The molecular formula is C12H19N3O3S. The summed E-state index contributed by atoms with van der Waals surface area (Å²) in [7, 11) is -0.439. The van der Waals surface area contributed by atoms with E-state index < -0.39 is 10.0 Å². The molecule has 1 aromatic carbocycles. The van der Waals surface area contributed by atoms with Gasteiger partial charge in [0.25, 0.3) is 0 Å². The average molecular weight is 285 g/mol. The highest BCUT2D eigenvalue weighted by Gasteiger charge is 2.16. The van der Waals surface area contributed by atoms with E-state index in [1.807, 2.05) is 0 Å². The van der Waals surface area contributed by atoms with E-state index in [1.54, 1.807) is 12.1 Å². The summed E-state index contributed by atoms with van der Waals surface area (Å²) in [5.74, 6) is -0.118. The van der Waals surface area contributed by atoms with E-state index in [4.69, 9.17) is 5.73 Å². The summed E-state index contributed by atoms with van der Waals surface area (Å²) in [4.78, 5) is 11.5. The van der Waals surface area contributed by atoms with Crippen molar-refractivity contribution in [3.05, 3.63) is 29.8 Å². The Morgan fingerprint density at radius 2 is 1.84 bits per heavy atom. The second-order valence-electron chi connectivity index (χ2n) is 4.25. The Hall–Kier alpha value is -1.44. The normalized spacial score (nSPS) is 11.6. The van der Waals surface area contributed by atoms with Crippen LogP contribution >= 0.6 is 0 Å². The van der Waals surface area contributed by atoms with Gasteiger partial charge in [0.2, 0.25) is 15.9 Å². The number of nitrogens with one attached hydrogen (secondary N) is 1. The molecule has 0 bridgehead atoms. The van der Waals surface area contributed by atoms with Crippen LogP contribution < -0.4 is 11.1 Å². The van der Waals surface area contributed by atoms with Gasteiger partial charge in [-0.1, -0.05) is 12.1 Å². The molecular weight excluding hydrogens is 266 g/mol. The maximum absolute atomic E-state index is 11.8. The molecule has 0 atom stereocenters. The van der Waals surface area contributed by atoms with Crippen LogP contribution in [-0.4, -0.2) is 39.3 Å². The van der Waals surface area contributed by atoms with Gasteiger partial charge >= 0.3 is 0 Å². The molecule has 0 spiro atoms. The first-order chi connectivity index (χ1) is 8.87. The molecule has 7 heteroatoms. The SMILES string of the molecule is CN(C)S(=O)(=O)c1ccc(CNC(=O)CCN)cc1. The topological polar surface area (TPSA) is 92.5 Å². The Morgan fingerprint density at radius 1 is 1.26 bits per heavy atom. The van der Waals surface area contributed by atoms with Gasteiger partial charge in [-0.2, -0.15) is 0 Å². The zero-order valence-corrected chi connectivity index (χ0v) is 11.9. The molecule has 19 heavy (non-hydrogen) atoms. The molecule has 1 aromatic rings. The molecule has 6 nitrogen and oxygen atoms in total. The first kappa shape index (κ1) is 15.6. The van der Waals surface area contributed by atoms with Crippen molar-refractivity contribution in [1.82, 2.24) is 9.62 Å². The van der Waals surface area contributed by atoms with E-state index in [2.05, 4.69) is 5.32 Å². The molecule has 0 saturated carbocycles. The Morgan fingerprint density at radius 3 is 2.32 bits per heavy atom. The second-order valence-corrected chi connectivity index (χ2v) is 6.40. The van der Waals surface area contributed by atoms with Crippen molar-refractivity contribution < 1.29 is 13.2 Å². The molecule has 0 aromatic heterocycles. The highest BCUT2D eigenvalue weighted by atomic mass is 32.2. The highest BCUT2D eigenvalue weighted by Crippen LogP contribution is 2.13. The van der Waals surface area contributed by atoms with Crippen LogP contribution in [-0.2, 0) is 21.4 Å². The number of nitrogens with zero attached hydrogens (tertiary/aromatic N) is 1. The summed E-state index contributed by atoms with van der Waals surface area (Å²) in [6.45, 7) is 0.674. The molecule has 0 saturated heterocycles. The first-order valence-corrected chi connectivity index (χ1v) is 7.30. The van der Waals surface area contributed by atoms with Crippen molar-refractivity contribution in [3.8, 4) is 0 Å². The molecule has 0 aliphatic carbocycles. The Bertz CT molecular complexity index is 524. The number of sulfonamides is 1. The van der Waals surface area contributed by atoms with Crippen molar-refractivity contribution >= 4 is 15.9 Å². The lowest BCUT2D eigenvalue weighted by atomic mass is 10.2. The zero-order chi connectivity index (χ0) is 14.5. The smallest absolute Gasteiger partial charge is 0.242 e. The van der Waals surface area contributed by atoms with Gasteiger partial charge in [-0.15, -0.1) is 0 Å². The minimum Gasteiger partial charge on any atom is -0.352 e. The van der Waals surface area contributed by atoms with Gasteiger partial charge in [-0.05, 0) is 17.7 Å². The molecule has 0 heterocycles. The van der Waals surface area contributed by atoms with Crippen molar-refractivity contribution in [1.29, 1.82) is 0 Å². The number of carbonyl (C=O) groups excluding carboxylic acids is 1. The van der Waals surface area contributed by atoms with Crippen molar-refractivity contribution in [2.45, 2.75) is 17.9 Å². The van der Waals surface area contributed by atoms with E-state index >= 15 is 0 Å². The predicted molar refractivity (Wildman–Crippen MR) is 72.8 cm³/mol. The minimum absolute atomic E-state index is 0.118. The number of hydrogen-bond donors (Lipinski definition) is 2. The number of nitrogens with two attached hydrogens (primary N) is 1. The summed E-state index contributed by atoms with van der Waals surface area (Å²) in [5.41, 5.74) is 6.10. The standard InChI is InChI=1S/C12H19N3O3S/c1-15(2)19(17,18)11-5-3-10(4-6-11)9-14-12(16)7-8-13/h3-6H,7-9,13H2,1-2H3,(H,14,16). The minimum atomic E-state index is -3.40. The van der Waals surface area contributed by atoms with Gasteiger partial charge in [-0.25, -0.2) is 12.7 Å². The third-order valence-corrected chi connectivity index (χ3v) is 4.39. The zero-order valence-electron chi connectivity index (χ0n) is 11.1. The summed E-state index contributed by atoms with van der Waals surface area (Å²) in [6.07, 6.45) is 0.285. The Labute approximate surface area is 113 Å². The van der Waals surface area contributed by atoms with E-state index in [-0.39, 0.29) is 17.2 Å². The quantitative estimate of drug-likeness (QED) is 0.763. The van der Waals surface area contributed by atoms with E-state index in [1.165, 1.54) is 26.2 Å². The van der Waals surface area contributed by atoms with Crippen LogP contribution in [0.5, 0.6) is 0 Å². The molecule has 106 valence electrons. The van der Waals surface area contributed by atoms with Crippen LogP contribution in [0.15, 0.2) is 29.2 Å². The fraction of sp³-hybridized carbons (Fsp3) is 0.417. The fourth-order valence-electron chi connectivity index (χ4n) is 1.41. The lowest BCUT2D eigenvalue weighted by molar-refractivity contribution is -0.121. The average Bonchev–Trinajstić information content (AvgIpc) is 2.37. The van der Waals surface area contributed by atoms with Crippen LogP contribution in [0.1, 0.15) is 12.0 Å². The number of benzene rings is 1. The summed E-state index contributed by atoms with van der Waals surface area (Å²) >= 11 is 0. The third-order valence-electron chi connectivity index (χ3n) is 2.56. The van der Waals surface area contributed by atoms with Gasteiger partial charge in [0.15, 0.2) is 0 Å². The number of rotatable bonds is 6. The van der Waals surface area contributed by atoms with Crippen molar-refractivity contribution in [2.24, 2.45) is 5.73 Å². The molecule has 1 amide bonds. The van der Waals surface area contributed by atoms with Crippen LogP contribution in [0.25, 0.3) is 0 Å². The maximum atomic E-state index is 11.8. The molecule has 0 aliphatic heterocycles. The molecule has 3 N–H and O–H groups in total. The Kier molecular flexibility index (Phi) is 5.46. The van der Waals surface area contributed by atoms with E-state index in [9.17, 15) is 13.2 Å². The first-order valence-electron chi connectivity index (χ1n) is 5.86. The summed E-state index contributed by atoms with van der Waals surface area (Å²) in [5, 5.41) is 2.70. The molecule has 0 aliphatic rings. The van der Waals surface area contributed by atoms with Crippen LogP contribution in [0.2, 0.25) is 0 Å². The van der Waals surface area contributed by atoms with Crippen LogP contribution in [0, 0.1) is 0 Å². The number of amides is 1. The van der Waals surface area contributed by atoms with Crippen LogP contribution in [0.4, 0.5) is 0 Å². The third kappa shape index (κ3) is 4.30. The predicted octanol–water partition coefficient (Wildman–Crippen LogP) is -0.0981. The van der Waals surface area contributed by atoms with Gasteiger partial charge in [0.05, 0.1) is 4.90 Å². The van der Waals surface area contributed by atoms with Gasteiger partial charge in [0.1, 0.15) is 0 Å². The van der Waals surface area contributed by atoms with E-state index in [0.717, 1.165) is 9.87 Å². The molecule has 0 radical (unpaired) electrons. The fourth-order valence-corrected chi connectivity index (χ4v) is 2.31. The summed E-state index contributed by atoms with van der Waals surface area (Å²) < 4.78 is 24.8. The monoisotopic (exact) mass is 285 g/mol. The van der Waals surface area contributed by atoms with E-state index in [0.29, 0.717) is 13.1 Å². The maximum Gasteiger partial charge on any atom is 0.242 e. The molecule has 0 fully saturated rings. The molecule has 0 unspecified atom stereocenters. The highest BCUT2D eigenvalue weighted by molar-refractivity contribution is 7.89. The number of hydrogen-bond acceptors (Lipinski definition) is 4. The largest absolute Gasteiger partial charge is 0.352 e. The van der Waals surface area contributed by atoms with Gasteiger partial charge in [0, 0.05) is 33.6 Å². The summed E-state index contributed by atoms with van der Waals surface area (Å²) in [6, 6.07) is 6.41.